The summed E-state index contributed by atoms with van der Waals surface area (Å²) in [7, 11) is 0. The van der Waals surface area contributed by atoms with Crippen molar-refractivity contribution in [1.29, 1.82) is 0 Å². The summed E-state index contributed by atoms with van der Waals surface area (Å²) in [5.74, 6) is 1.12. The van der Waals surface area contributed by atoms with Crippen LogP contribution in [0.2, 0.25) is 0 Å². The van der Waals surface area contributed by atoms with Crippen molar-refractivity contribution >= 4 is 23.1 Å². The third-order valence-electron chi connectivity index (χ3n) is 3.64. The predicted octanol–water partition coefficient (Wildman–Crippen LogP) is 5.11. The van der Waals surface area contributed by atoms with Crippen molar-refractivity contribution < 1.29 is 4.79 Å². The zero-order chi connectivity index (χ0) is 17.7. The maximum Gasteiger partial charge on any atom is 0.224 e. The van der Waals surface area contributed by atoms with E-state index >= 15 is 0 Å². The second kappa shape index (κ2) is 7.47. The summed E-state index contributed by atoms with van der Waals surface area (Å²) >= 11 is 0. The molecule has 0 aliphatic heterocycles. The van der Waals surface area contributed by atoms with Gasteiger partial charge in [-0.25, -0.2) is 4.98 Å². The molecule has 1 heterocycles. The Morgan fingerprint density at radius 2 is 1.83 bits per heavy atom. The summed E-state index contributed by atoms with van der Waals surface area (Å²) in [6.07, 6.45) is 2.19. The second-order valence-electron chi connectivity index (χ2n) is 7.50. The molecular weight excluding hydrogens is 298 g/mol. The molecule has 24 heavy (non-hydrogen) atoms. The van der Waals surface area contributed by atoms with Crippen LogP contribution in [0.1, 0.15) is 46.6 Å². The zero-order valence-corrected chi connectivity index (χ0v) is 15.2. The number of carbonyl (C=O) groups is 1. The molecule has 0 radical (unpaired) electrons. The lowest BCUT2D eigenvalue weighted by Crippen LogP contribution is -2.14. The summed E-state index contributed by atoms with van der Waals surface area (Å²) in [6.45, 7) is 10.6. The Hall–Kier alpha value is -2.36. The number of hydrogen-bond donors (Lipinski definition) is 2. The van der Waals surface area contributed by atoms with E-state index in [1.165, 1.54) is 5.56 Å². The van der Waals surface area contributed by atoms with Gasteiger partial charge in [-0.2, -0.15) is 0 Å². The molecule has 0 spiro atoms. The van der Waals surface area contributed by atoms with Gasteiger partial charge in [0.2, 0.25) is 5.91 Å². The minimum atomic E-state index is 0.0191. The van der Waals surface area contributed by atoms with Gasteiger partial charge in [0.1, 0.15) is 5.82 Å². The quantitative estimate of drug-likeness (QED) is 0.803. The normalized spacial score (nSPS) is 11.4. The number of carbonyl (C=O) groups excluding carboxylic acids is 1. The van der Waals surface area contributed by atoms with Gasteiger partial charge in [-0.3, -0.25) is 4.79 Å². The third kappa shape index (κ3) is 5.08. The van der Waals surface area contributed by atoms with Crippen molar-refractivity contribution in [3.63, 3.8) is 0 Å². The van der Waals surface area contributed by atoms with Crippen molar-refractivity contribution in [1.82, 2.24) is 4.98 Å². The van der Waals surface area contributed by atoms with E-state index < -0.39 is 0 Å². The van der Waals surface area contributed by atoms with Crippen LogP contribution in [0.15, 0.2) is 42.6 Å². The van der Waals surface area contributed by atoms with Gasteiger partial charge in [-0.05, 0) is 35.1 Å². The van der Waals surface area contributed by atoms with Crippen LogP contribution in [-0.2, 0) is 10.2 Å². The average Bonchev–Trinajstić information content (AvgIpc) is 2.48. The van der Waals surface area contributed by atoms with E-state index in [-0.39, 0.29) is 11.3 Å². The van der Waals surface area contributed by atoms with Crippen molar-refractivity contribution in [3.8, 4) is 0 Å². The highest BCUT2D eigenvalue weighted by Gasteiger charge is 2.17. The van der Waals surface area contributed by atoms with Crippen LogP contribution in [0.4, 0.5) is 17.2 Å². The van der Waals surface area contributed by atoms with Gasteiger partial charge in [-0.15, -0.1) is 0 Å². The monoisotopic (exact) mass is 325 g/mol. The minimum Gasteiger partial charge on any atom is -0.340 e. The molecule has 1 aromatic carbocycles. The van der Waals surface area contributed by atoms with Crippen LogP contribution in [0.25, 0.3) is 0 Å². The topological polar surface area (TPSA) is 54.0 Å². The molecule has 2 rings (SSSR count). The summed E-state index contributed by atoms with van der Waals surface area (Å²) in [4.78, 5) is 16.2. The molecule has 1 amide bonds. The first-order chi connectivity index (χ1) is 11.3. The standard InChI is InChI=1S/C20H27N3O/c1-14(2)12-19(24)22-15-10-11-18(21-13-15)23-17-9-7-6-8-16(17)20(3,4)5/h6-11,13-14H,12H2,1-5H3,(H,21,23)(H,22,24). The summed E-state index contributed by atoms with van der Waals surface area (Å²) in [5.41, 5.74) is 3.06. The van der Waals surface area contributed by atoms with Crippen molar-refractivity contribution in [2.24, 2.45) is 5.92 Å². The summed E-state index contributed by atoms with van der Waals surface area (Å²) in [6, 6.07) is 12.0. The maximum atomic E-state index is 11.8. The predicted molar refractivity (Wildman–Crippen MR) is 101 cm³/mol. The largest absolute Gasteiger partial charge is 0.340 e. The molecule has 0 bridgehead atoms. The van der Waals surface area contributed by atoms with E-state index in [4.69, 9.17) is 0 Å². The molecule has 0 fully saturated rings. The molecule has 128 valence electrons. The molecule has 4 heteroatoms. The van der Waals surface area contributed by atoms with Crippen LogP contribution in [-0.4, -0.2) is 10.9 Å². The number of amides is 1. The molecule has 0 atom stereocenters. The van der Waals surface area contributed by atoms with E-state index in [1.54, 1.807) is 6.20 Å². The lowest BCUT2D eigenvalue weighted by Gasteiger charge is -2.23. The second-order valence-corrected chi connectivity index (χ2v) is 7.50. The molecule has 0 saturated heterocycles. The molecule has 0 aliphatic rings. The Morgan fingerprint density at radius 1 is 1.12 bits per heavy atom. The summed E-state index contributed by atoms with van der Waals surface area (Å²) < 4.78 is 0. The number of anilines is 3. The molecule has 1 aromatic heterocycles. The van der Waals surface area contributed by atoms with Crippen LogP contribution < -0.4 is 10.6 Å². The van der Waals surface area contributed by atoms with Crippen LogP contribution >= 0.6 is 0 Å². The third-order valence-corrected chi connectivity index (χ3v) is 3.64. The van der Waals surface area contributed by atoms with Gasteiger partial charge in [0.15, 0.2) is 0 Å². The van der Waals surface area contributed by atoms with Crippen LogP contribution in [0.5, 0.6) is 0 Å². The zero-order valence-electron chi connectivity index (χ0n) is 15.2. The number of hydrogen-bond acceptors (Lipinski definition) is 3. The van der Waals surface area contributed by atoms with Gasteiger partial charge in [0.05, 0.1) is 11.9 Å². The molecule has 0 saturated carbocycles. The smallest absolute Gasteiger partial charge is 0.224 e. The number of rotatable bonds is 5. The number of aromatic nitrogens is 1. The first-order valence-electron chi connectivity index (χ1n) is 8.38. The molecule has 0 aliphatic carbocycles. The van der Waals surface area contributed by atoms with Crippen molar-refractivity contribution in [2.45, 2.75) is 46.5 Å². The number of nitrogens with zero attached hydrogens (tertiary/aromatic N) is 1. The van der Waals surface area contributed by atoms with Gasteiger partial charge in [-0.1, -0.05) is 52.8 Å². The molecular formula is C20H27N3O. The maximum absolute atomic E-state index is 11.8. The Labute approximate surface area is 144 Å². The van der Waals surface area contributed by atoms with E-state index in [1.807, 2.05) is 38.1 Å². The first kappa shape index (κ1) is 18.0. The molecule has 4 nitrogen and oxygen atoms in total. The van der Waals surface area contributed by atoms with Crippen LogP contribution in [0.3, 0.4) is 0 Å². The van der Waals surface area contributed by atoms with Crippen molar-refractivity contribution in [2.75, 3.05) is 10.6 Å². The highest BCUT2D eigenvalue weighted by Crippen LogP contribution is 2.30. The van der Waals surface area contributed by atoms with Crippen LogP contribution in [0, 0.1) is 5.92 Å². The SMILES string of the molecule is CC(C)CC(=O)Nc1ccc(Nc2ccccc2C(C)(C)C)nc1. The lowest BCUT2D eigenvalue weighted by atomic mass is 9.86. The van der Waals surface area contributed by atoms with Crippen molar-refractivity contribution in [3.05, 3.63) is 48.2 Å². The Bertz CT molecular complexity index is 685. The molecule has 2 aromatic rings. The van der Waals surface area contributed by atoms with Gasteiger partial charge in [0, 0.05) is 12.1 Å². The van der Waals surface area contributed by atoms with E-state index in [0.29, 0.717) is 12.3 Å². The van der Waals surface area contributed by atoms with Gasteiger partial charge < -0.3 is 10.6 Å². The number of benzene rings is 1. The first-order valence-corrected chi connectivity index (χ1v) is 8.38. The fraction of sp³-hybridized carbons (Fsp3) is 0.400. The number of para-hydroxylation sites is 1. The van der Waals surface area contributed by atoms with Gasteiger partial charge >= 0.3 is 0 Å². The Balaban J connectivity index is 2.09. The number of pyridine rings is 1. The minimum absolute atomic E-state index is 0.0191. The highest BCUT2D eigenvalue weighted by molar-refractivity contribution is 5.90. The molecule has 0 unspecified atom stereocenters. The van der Waals surface area contributed by atoms with Gasteiger partial charge in [0.25, 0.3) is 0 Å². The Morgan fingerprint density at radius 3 is 2.42 bits per heavy atom. The van der Waals surface area contributed by atoms with E-state index in [9.17, 15) is 4.79 Å². The number of nitrogens with one attached hydrogen (secondary N) is 2. The Kier molecular flexibility index (Phi) is 5.60. The highest BCUT2D eigenvalue weighted by atomic mass is 16.1. The fourth-order valence-corrected chi connectivity index (χ4v) is 2.51. The molecule has 2 N–H and O–H groups in total. The fourth-order valence-electron chi connectivity index (χ4n) is 2.51. The lowest BCUT2D eigenvalue weighted by molar-refractivity contribution is -0.116. The summed E-state index contributed by atoms with van der Waals surface area (Å²) in [5, 5.41) is 6.24. The van der Waals surface area contributed by atoms with E-state index in [0.717, 1.165) is 17.2 Å². The van der Waals surface area contributed by atoms with E-state index in [2.05, 4.69) is 48.5 Å². The average molecular weight is 325 g/mol.